The zero-order valence-electron chi connectivity index (χ0n) is 14.2. The lowest BCUT2D eigenvalue weighted by molar-refractivity contribution is 0.0633. The van der Waals surface area contributed by atoms with Crippen molar-refractivity contribution in [3.8, 4) is 11.4 Å². The summed E-state index contributed by atoms with van der Waals surface area (Å²) in [6.07, 6.45) is 4.39. The van der Waals surface area contributed by atoms with Crippen molar-refractivity contribution in [2.75, 3.05) is 7.11 Å². The van der Waals surface area contributed by atoms with Gasteiger partial charge in [0.25, 0.3) is 0 Å². The molecule has 0 unspecified atom stereocenters. The molecule has 0 amide bonds. The molecular formula is C20H19ClN2O2. The number of benzene rings is 1. The first kappa shape index (κ1) is 16.2. The van der Waals surface area contributed by atoms with Crippen LogP contribution in [-0.4, -0.2) is 16.7 Å². The second-order valence-electron chi connectivity index (χ2n) is 6.01. The van der Waals surface area contributed by atoms with Crippen molar-refractivity contribution in [3.63, 3.8) is 0 Å². The molecule has 4 nitrogen and oxygen atoms in total. The van der Waals surface area contributed by atoms with Crippen molar-refractivity contribution >= 4 is 11.6 Å². The maximum Gasteiger partial charge on any atom is 0.146 e. The molecule has 3 heterocycles. The van der Waals surface area contributed by atoms with Crippen molar-refractivity contribution < 1.29 is 9.47 Å². The van der Waals surface area contributed by atoms with Gasteiger partial charge in [-0.1, -0.05) is 18.5 Å². The molecule has 2 aromatic heterocycles. The summed E-state index contributed by atoms with van der Waals surface area (Å²) in [4.78, 5) is 4.60. The lowest BCUT2D eigenvalue weighted by atomic mass is 10.0. The molecule has 0 N–H and O–H groups in total. The minimum Gasteiger partial charge on any atom is -0.494 e. The van der Waals surface area contributed by atoms with Gasteiger partial charge in [0.15, 0.2) is 0 Å². The number of nitrogens with zero attached hydrogens (tertiary/aromatic N) is 2. The Labute approximate surface area is 152 Å². The summed E-state index contributed by atoms with van der Waals surface area (Å²) in [7, 11) is 1.68. The second-order valence-corrected chi connectivity index (χ2v) is 6.44. The number of aryl methyl sites for hydroxylation is 1. The second kappa shape index (κ2) is 6.54. The fourth-order valence-corrected chi connectivity index (χ4v) is 3.60. The van der Waals surface area contributed by atoms with E-state index in [1.165, 1.54) is 0 Å². The third kappa shape index (κ3) is 2.71. The highest BCUT2D eigenvalue weighted by Gasteiger charge is 2.28. The Bertz CT molecular complexity index is 920. The van der Waals surface area contributed by atoms with E-state index in [1.807, 2.05) is 42.7 Å². The number of halogens is 1. The number of aromatic nitrogens is 2. The molecule has 1 aromatic carbocycles. The van der Waals surface area contributed by atoms with Gasteiger partial charge in [-0.15, -0.1) is 0 Å². The zero-order valence-corrected chi connectivity index (χ0v) is 15.0. The predicted molar refractivity (Wildman–Crippen MR) is 97.6 cm³/mol. The van der Waals surface area contributed by atoms with Gasteiger partial charge in [0.1, 0.15) is 17.5 Å². The molecule has 0 bridgehead atoms. The van der Waals surface area contributed by atoms with E-state index in [1.54, 1.807) is 7.11 Å². The normalized spacial score (nSPS) is 16.0. The molecule has 3 aromatic rings. The van der Waals surface area contributed by atoms with Crippen LogP contribution in [-0.2, 0) is 17.8 Å². The molecule has 0 saturated heterocycles. The molecule has 25 heavy (non-hydrogen) atoms. The average Bonchev–Trinajstić information content (AvgIpc) is 3.04. The number of hydrogen-bond donors (Lipinski definition) is 0. The fourth-order valence-electron chi connectivity index (χ4n) is 3.42. The van der Waals surface area contributed by atoms with Crippen LogP contribution in [0.3, 0.4) is 0 Å². The van der Waals surface area contributed by atoms with Gasteiger partial charge in [0.05, 0.1) is 19.4 Å². The van der Waals surface area contributed by atoms with Crippen LogP contribution in [0.2, 0.25) is 5.02 Å². The number of rotatable bonds is 3. The van der Waals surface area contributed by atoms with Crippen LogP contribution in [0.15, 0.2) is 48.8 Å². The highest BCUT2D eigenvalue weighted by Crippen LogP contribution is 2.40. The largest absolute Gasteiger partial charge is 0.494 e. The smallest absolute Gasteiger partial charge is 0.146 e. The highest BCUT2D eigenvalue weighted by atomic mass is 35.5. The molecule has 128 valence electrons. The first-order valence-corrected chi connectivity index (χ1v) is 8.70. The number of fused-ring (bicyclic) bond motifs is 3. The van der Waals surface area contributed by atoms with Gasteiger partial charge >= 0.3 is 0 Å². The molecule has 1 aliphatic heterocycles. The number of pyridine rings is 1. The predicted octanol–water partition coefficient (Wildman–Crippen LogP) is 4.72. The molecule has 0 spiro atoms. The third-order valence-corrected chi connectivity index (χ3v) is 4.84. The van der Waals surface area contributed by atoms with E-state index in [9.17, 15) is 0 Å². The van der Waals surface area contributed by atoms with Crippen LogP contribution in [0.25, 0.3) is 5.69 Å². The SMILES string of the molecule is CCc1ccnc([C@H]2OCc3cccn3-c3ccc(Cl)cc32)c1OC. The van der Waals surface area contributed by atoms with E-state index in [0.29, 0.717) is 11.6 Å². The maximum absolute atomic E-state index is 6.30. The van der Waals surface area contributed by atoms with Gasteiger partial charge < -0.3 is 14.0 Å². The summed E-state index contributed by atoms with van der Waals surface area (Å²) in [5, 5.41) is 0.675. The lowest BCUT2D eigenvalue weighted by Crippen LogP contribution is -2.11. The summed E-state index contributed by atoms with van der Waals surface area (Å²) >= 11 is 6.30. The summed E-state index contributed by atoms with van der Waals surface area (Å²) in [5.41, 5.74) is 5.04. The zero-order chi connectivity index (χ0) is 17.4. The quantitative estimate of drug-likeness (QED) is 0.683. The summed E-state index contributed by atoms with van der Waals surface area (Å²) < 4.78 is 14.1. The lowest BCUT2D eigenvalue weighted by Gasteiger charge is -2.21. The molecule has 5 heteroatoms. The number of methoxy groups -OCH3 is 1. The van der Waals surface area contributed by atoms with Crippen LogP contribution in [0.1, 0.15) is 35.5 Å². The van der Waals surface area contributed by atoms with Gasteiger partial charge in [0.2, 0.25) is 0 Å². The molecule has 0 saturated carbocycles. The highest BCUT2D eigenvalue weighted by molar-refractivity contribution is 6.30. The first-order valence-electron chi connectivity index (χ1n) is 8.32. The minimum atomic E-state index is -0.338. The van der Waals surface area contributed by atoms with Gasteiger partial charge in [-0.3, -0.25) is 4.98 Å². The van der Waals surface area contributed by atoms with E-state index in [4.69, 9.17) is 21.1 Å². The van der Waals surface area contributed by atoms with E-state index in [-0.39, 0.29) is 6.10 Å². The van der Waals surface area contributed by atoms with E-state index in [0.717, 1.165) is 40.4 Å². The van der Waals surface area contributed by atoms with E-state index >= 15 is 0 Å². The molecule has 0 radical (unpaired) electrons. The molecule has 0 aliphatic carbocycles. The van der Waals surface area contributed by atoms with Crippen LogP contribution in [0, 0.1) is 0 Å². The van der Waals surface area contributed by atoms with Crippen molar-refractivity contribution in [3.05, 3.63) is 76.3 Å². The van der Waals surface area contributed by atoms with Gasteiger partial charge in [-0.05, 0) is 48.4 Å². The minimum absolute atomic E-state index is 0.338. The molecule has 1 atom stereocenters. The summed E-state index contributed by atoms with van der Waals surface area (Å²) in [5.74, 6) is 0.785. The molecular weight excluding hydrogens is 336 g/mol. The van der Waals surface area contributed by atoms with Gasteiger partial charge in [-0.25, -0.2) is 0 Å². The Balaban J connectivity index is 1.93. The van der Waals surface area contributed by atoms with E-state index < -0.39 is 0 Å². The molecule has 4 rings (SSSR count). The van der Waals surface area contributed by atoms with Crippen LogP contribution in [0.4, 0.5) is 0 Å². The third-order valence-electron chi connectivity index (χ3n) is 4.61. The van der Waals surface area contributed by atoms with Crippen molar-refractivity contribution in [2.45, 2.75) is 26.1 Å². The number of ether oxygens (including phenoxy) is 2. The van der Waals surface area contributed by atoms with Crippen LogP contribution in [0.5, 0.6) is 5.75 Å². The molecule has 1 aliphatic rings. The van der Waals surface area contributed by atoms with Crippen LogP contribution < -0.4 is 4.74 Å². The Morgan fingerprint density at radius 1 is 1.32 bits per heavy atom. The monoisotopic (exact) mass is 354 g/mol. The van der Waals surface area contributed by atoms with Gasteiger partial charge in [0, 0.05) is 28.7 Å². The van der Waals surface area contributed by atoms with Crippen molar-refractivity contribution in [2.24, 2.45) is 0 Å². The van der Waals surface area contributed by atoms with E-state index in [2.05, 4.69) is 22.5 Å². The fraction of sp³-hybridized carbons (Fsp3) is 0.250. The van der Waals surface area contributed by atoms with Gasteiger partial charge in [-0.2, -0.15) is 0 Å². The maximum atomic E-state index is 6.30. The van der Waals surface area contributed by atoms with Crippen molar-refractivity contribution in [1.82, 2.24) is 9.55 Å². The average molecular weight is 355 g/mol. The standard InChI is InChI=1S/C20H19ClN2O2/c1-3-13-8-9-22-18(19(13)24-2)20-16-11-14(21)6-7-17(16)23-10-4-5-15(23)12-25-20/h4-11,20H,3,12H2,1-2H3/t20-/m0/s1. The summed E-state index contributed by atoms with van der Waals surface area (Å²) in [6.45, 7) is 2.59. The van der Waals surface area contributed by atoms with Crippen molar-refractivity contribution in [1.29, 1.82) is 0 Å². The molecule has 0 fully saturated rings. The Hall–Kier alpha value is -2.30. The number of hydrogen-bond acceptors (Lipinski definition) is 3. The topological polar surface area (TPSA) is 36.3 Å². The Morgan fingerprint density at radius 2 is 2.20 bits per heavy atom. The summed E-state index contributed by atoms with van der Waals surface area (Å²) in [6, 6.07) is 12.0. The van der Waals surface area contributed by atoms with Crippen LogP contribution >= 0.6 is 11.6 Å². The Morgan fingerprint density at radius 3 is 3.00 bits per heavy atom. The Kier molecular flexibility index (Phi) is 4.24. The first-order chi connectivity index (χ1) is 12.2.